The van der Waals surface area contributed by atoms with Crippen molar-refractivity contribution in [2.24, 2.45) is 17.2 Å². The molecule has 0 aliphatic rings. The fourth-order valence-corrected chi connectivity index (χ4v) is 2.38. The summed E-state index contributed by atoms with van der Waals surface area (Å²) in [6.45, 7) is -0.119. The Morgan fingerprint density at radius 2 is 1.52 bits per heavy atom. The molecule has 0 aromatic rings. The Morgan fingerprint density at radius 1 is 0.871 bits per heavy atom. The lowest BCUT2D eigenvalue weighted by atomic mass is 10.1. The lowest BCUT2D eigenvalue weighted by Gasteiger charge is -2.20. The first-order chi connectivity index (χ1) is 14.5. The number of carboxylic acid groups (broad SMARTS) is 2. The molecule has 0 rings (SSSR count). The molecule has 0 bridgehead atoms. The standard InChI is InChI=1S/C17H30N6O8/c18-6-2-1-3-9(19)15(28)21-8-13(25)22-11(7-14(26)27)16(29)23-10(17(30)31)4-5-12(20)24/h9-11H,1-8,18-19H2,(H2,20,24)(H,21,28)(H,22,25)(H,23,29)(H,26,27)(H,30,31). The van der Waals surface area contributed by atoms with Crippen LogP contribution in [-0.4, -0.2) is 77.0 Å². The third-order valence-corrected chi connectivity index (χ3v) is 4.05. The van der Waals surface area contributed by atoms with Crippen LogP contribution in [0.3, 0.4) is 0 Å². The second-order valence-corrected chi connectivity index (χ2v) is 6.73. The summed E-state index contributed by atoms with van der Waals surface area (Å²) in [6.07, 6.45) is 0.179. The van der Waals surface area contributed by atoms with Gasteiger partial charge in [-0.05, 0) is 25.8 Å². The lowest BCUT2D eigenvalue weighted by molar-refractivity contribution is -0.143. The van der Waals surface area contributed by atoms with E-state index in [-0.39, 0.29) is 12.8 Å². The largest absolute Gasteiger partial charge is 0.481 e. The molecule has 0 saturated carbocycles. The number of amides is 4. The smallest absolute Gasteiger partial charge is 0.326 e. The molecule has 14 heteroatoms. The molecule has 0 aliphatic carbocycles. The molecule has 3 atom stereocenters. The van der Waals surface area contributed by atoms with Crippen molar-refractivity contribution in [3.63, 3.8) is 0 Å². The van der Waals surface area contributed by atoms with Gasteiger partial charge < -0.3 is 43.4 Å². The summed E-state index contributed by atoms with van der Waals surface area (Å²) in [7, 11) is 0. The maximum atomic E-state index is 12.3. The fraction of sp³-hybridized carbons (Fsp3) is 0.647. The van der Waals surface area contributed by atoms with Crippen LogP contribution in [0.5, 0.6) is 0 Å². The molecule has 31 heavy (non-hydrogen) atoms. The van der Waals surface area contributed by atoms with Gasteiger partial charge in [0.25, 0.3) is 0 Å². The molecule has 0 aromatic carbocycles. The number of nitrogens with two attached hydrogens (primary N) is 3. The van der Waals surface area contributed by atoms with E-state index < -0.39 is 66.7 Å². The first-order valence-electron chi connectivity index (χ1n) is 9.53. The van der Waals surface area contributed by atoms with Crippen LogP contribution < -0.4 is 33.2 Å². The summed E-state index contributed by atoms with van der Waals surface area (Å²) in [6, 6.07) is -3.99. The normalized spacial score (nSPS) is 13.4. The number of carbonyl (C=O) groups excluding carboxylic acids is 4. The average Bonchev–Trinajstić information content (AvgIpc) is 2.67. The van der Waals surface area contributed by atoms with Crippen LogP contribution >= 0.6 is 0 Å². The van der Waals surface area contributed by atoms with Gasteiger partial charge >= 0.3 is 11.9 Å². The van der Waals surface area contributed by atoms with E-state index in [0.717, 1.165) is 0 Å². The van der Waals surface area contributed by atoms with Crippen molar-refractivity contribution in [3.8, 4) is 0 Å². The van der Waals surface area contributed by atoms with Crippen molar-refractivity contribution in [1.29, 1.82) is 0 Å². The van der Waals surface area contributed by atoms with Crippen LogP contribution in [0.15, 0.2) is 0 Å². The summed E-state index contributed by atoms with van der Waals surface area (Å²) in [4.78, 5) is 69.2. The number of nitrogens with one attached hydrogen (secondary N) is 3. The van der Waals surface area contributed by atoms with Crippen molar-refractivity contribution < 1.29 is 39.0 Å². The molecule has 0 saturated heterocycles. The number of hydrogen-bond acceptors (Lipinski definition) is 8. The van der Waals surface area contributed by atoms with Gasteiger partial charge in [0.15, 0.2) is 0 Å². The molecule has 11 N–H and O–H groups in total. The van der Waals surface area contributed by atoms with E-state index in [0.29, 0.717) is 25.8 Å². The third kappa shape index (κ3) is 12.8. The second kappa shape index (κ2) is 14.7. The first-order valence-corrected chi connectivity index (χ1v) is 9.53. The highest BCUT2D eigenvalue weighted by atomic mass is 16.4. The number of aliphatic carboxylic acids is 2. The predicted molar refractivity (Wildman–Crippen MR) is 106 cm³/mol. The Balaban J connectivity index is 4.84. The number of rotatable bonds is 16. The minimum absolute atomic E-state index is 0.317. The van der Waals surface area contributed by atoms with Crippen molar-refractivity contribution in [3.05, 3.63) is 0 Å². The summed E-state index contributed by atoms with van der Waals surface area (Å²) < 4.78 is 0. The van der Waals surface area contributed by atoms with Crippen LogP contribution in [0.1, 0.15) is 38.5 Å². The zero-order valence-corrected chi connectivity index (χ0v) is 17.0. The maximum Gasteiger partial charge on any atom is 0.326 e. The predicted octanol–water partition coefficient (Wildman–Crippen LogP) is -3.65. The molecule has 0 aliphatic heterocycles. The van der Waals surface area contributed by atoms with Crippen LogP contribution in [-0.2, 0) is 28.8 Å². The monoisotopic (exact) mass is 446 g/mol. The van der Waals surface area contributed by atoms with E-state index in [9.17, 15) is 28.8 Å². The molecule has 0 heterocycles. The van der Waals surface area contributed by atoms with Crippen molar-refractivity contribution in [2.75, 3.05) is 13.1 Å². The Bertz CT molecular complexity index is 671. The van der Waals surface area contributed by atoms with E-state index >= 15 is 0 Å². The topological polar surface area (TPSA) is 257 Å². The second-order valence-electron chi connectivity index (χ2n) is 6.73. The first kappa shape index (κ1) is 27.7. The van der Waals surface area contributed by atoms with Gasteiger partial charge in [-0.1, -0.05) is 6.42 Å². The number of carboxylic acids is 2. The Hall–Kier alpha value is -3.26. The fourth-order valence-electron chi connectivity index (χ4n) is 2.38. The minimum atomic E-state index is -1.62. The van der Waals surface area contributed by atoms with Gasteiger partial charge in [0.05, 0.1) is 19.0 Å². The highest BCUT2D eigenvalue weighted by Gasteiger charge is 2.28. The molecule has 3 unspecified atom stereocenters. The number of hydrogen-bond donors (Lipinski definition) is 8. The van der Waals surface area contributed by atoms with E-state index in [1.54, 1.807) is 0 Å². The van der Waals surface area contributed by atoms with E-state index in [1.807, 2.05) is 0 Å². The highest BCUT2D eigenvalue weighted by Crippen LogP contribution is 2.01. The summed E-state index contributed by atoms with van der Waals surface area (Å²) in [5, 5.41) is 24.5. The average molecular weight is 446 g/mol. The van der Waals surface area contributed by atoms with Gasteiger partial charge in [0, 0.05) is 6.42 Å². The molecule has 0 fully saturated rings. The zero-order valence-electron chi connectivity index (χ0n) is 17.0. The van der Waals surface area contributed by atoms with Crippen LogP contribution in [0.2, 0.25) is 0 Å². The number of primary amides is 1. The summed E-state index contributed by atoms with van der Waals surface area (Å²) in [5.41, 5.74) is 16.0. The summed E-state index contributed by atoms with van der Waals surface area (Å²) in [5.74, 6) is -6.26. The van der Waals surface area contributed by atoms with Crippen molar-refractivity contribution in [1.82, 2.24) is 16.0 Å². The lowest BCUT2D eigenvalue weighted by Crippen LogP contribution is -2.54. The van der Waals surface area contributed by atoms with Crippen molar-refractivity contribution in [2.45, 2.75) is 56.7 Å². The van der Waals surface area contributed by atoms with E-state index in [1.165, 1.54) is 0 Å². The van der Waals surface area contributed by atoms with E-state index in [2.05, 4.69) is 16.0 Å². The van der Waals surface area contributed by atoms with Crippen molar-refractivity contribution >= 4 is 35.6 Å². The summed E-state index contributed by atoms with van der Waals surface area (Å²) >= 11 is 0. The molecular weight excluding hydrogens is 416 g/mol. The molecule has 176 valence electrons. The quantitative estimate of drug-likeness (QED) is 0.108. The molecular formula is C17H30N6O8. The van der Waals surface area contributed by atoms with Gasteiger partial charge in [-0.15, -0.1) is 0 Å². The maximum absolute atomic E-state index is 12.3. The molecule has 4 amide bonds. The zero-order chi connectivity index (χ0) is 24.0. The van der Waals surface area contributed by atoms with Crippen LogP contribution in [0.4, 0.5) is 0 Å². The van der Waals surface area contributed by atoms with Crippen LogP contribution in [0, 0.1) is 0 Å². The number of unbranched alkanes of at least 4 members (excludes halogenated alkanes) is 1. The molecule has 14 nitrogen and oxygen atoms in total. The SMILES string of the molecule is NCCCCC(N)C(=O)NCC(=O)NC(CC(=O)O)C(=O)NC(CCC(N)=O)C(=O)O. The van der Waals surface area contributed by atoms with Gasteiger partial charge in [-0.3, -0.25) is 24.0 Å². The highest BCUT2D eigenvalue weighted by molar-refractivity contribution is 5.94. The molecule has 0 spiro atoms. The molecule has 0 radical (unpaired) electrons. The number of carbonyl (C=O) groups is 6. The molecule has 0 aromatic heterocycles. The Kier molecular flexibility index (Phi) is 13.1. The third-order valence-electron chi connectivity index (χ3n) is 4.05. The van der Waals surface area contributed by atoms with E-state index in [4.69, 9.17) is 27.4 Å². The van der Waals surface area contributed by atoms with Gasteiger partial charge in [-0.25, -0.2) is 4.79 Å². The van der Waals surface area contributed by atoms with Gasteiger partial charge in [-0.2, -0.15) is 0 Å². The minimum Gasteiger partial charge on any atom is -0.481 e. The van der Waals surface area contributed by atoms with Gasteiger partial charge in [0.1, 0.15) is 12.1 Å². The Morgan fingerprint density at radius 3 is 2.03 bits per heavy atom. The van der Waals surface area contributed by atoms with Gasteiger partial charge in [0.2, 0.25) is 23.6 Å². The van der Waals surface area contributed by atoms with Crippen LogP contribution in [0.25, 0.3) is 0 Å². The Labute approximate surface area is 178 Å².